The van der Waals surface area contributed by atoms with Gasteiger partial charge in [-0.15, -0.1) is 4.68 Å². The van der Waals surface area contributed by atoms with Crippen LogP contribution in [0.2, 0.25) is 5.02 Å². The van der Waals surface area contributed by atoms with Crippen LogP contribution in [0.15, 0.2) is 5.11 Å². The van der Waals surface area contributed by atoms with Crippen LogP contribution in [0.3, 0.4) is 0 Å². The molecule has 0 saturated heterocycles. The number of alkyl halides is 3. The maximum Gasteiger partial charge on any atom is 0.438 e. The van der Waals surface area contributed by atoms with Crippen molar-refractivity contribution in [3.8, 4) is 0 Å². The van der Waals surface area contributed by atoms with Crippen molar-refractivity contribution >= 4 is 11.6 Å². The average molecular weight is 269 g/mol. The summed E-state index contributed by atoms with van der Waals surface area (Å²) in [6, 6.07) is -0.257. The Labute approximate surface area is 99.8 Å². The van der Waals surface area contributed by atoms with E-state index < -0.39 is 16.9 Å². The van der Waals surface area contributed by atoms with Crippen LogP contribution < -0.4 is 4.68 Å². The second-order valence-electron chi connectivity index (χ2n) is 3.60. The van der Waals surface area contributed by atoms with E-state index in [9.17, 15) is 13.2 Å². The third kappa shape index (κ3) is 2.83. The molecule has 0 bridgehead atoms. The molecular formula is C8H10ClF3N5+. The molecule has 1 rings (SSSR count). The highest BCUT2D eigenvalue weighted by Gasteiger charge is 2.41. The number of nitrogens with one attached hydrogen (secondary N) is 1. The van der Waals surface area contributed by atoms with E-state index in [0.29, 0.717) is 0 Å². The Morgan fingerprint density at radius 3 is 2.53 bits per heavy atom. The van der Waals surface area contributed by atoms with Gasteiger partial charge in [-0.05, 0) is 19.4 Å². The first kappa shape index (κ1) is 13.7. The Morgan fingerprint density at radius 2 is 2.12 bits per heavy atom. The SMILES string of the molecule is CC(C)[n+]1[nH]c(C(F)(F)F)c(Cl)c1CN=[N+]=[N-]. The predicted molar refractivity (Wildman–Crippen MR) is 54.2 cm³/mol. The highest BCUT2D eigenvalue weighted by Crippen LogP contribution is 2.34. The number of hydrogen-bond donors (Lipinski definition) is 1. The standard InChI is InChI=1S/C8H9ClF3N5/c1-4(2)17-5(3-14-16-13)6(9)7(15-17)8(10,11)12/h4H,3H2,1-2H3/p+1. The van der Waals surface area contributed by atoms with Crippen molar-refractivity contribution in [1.29, 1.82) is 0 Å². The Kier molecular flexibility index (Phi) is 3.90. The van der Waals surface area contributed by atoms with Crippen molar-refractivity contribution in [3.63, 3.8) is 0 Å². The molecule has 0 fully saturated rings. The van der Waals surface area contributed by atoms with Crippen LogP contribution in [0.25, 0.3) is 10.4 Å². The number of rotatable bonds is 3. The van der Waals surface area contributed by atoms with Crippen LogP contribution >= 0.6 is 11.6 Å². The maximum absolute atomic E-state index is 12.6. The van der Waals surface area contributed by atoms with Gasteiger partial charge in [0.1, 0.15) is 11.6 Å². The summed E-state index contributed by atoms with van der Waals surface area (Å²) >= 11 is 5.64. The highest BCUT2D eigenvalue weighted by molar-refractivity contribution is 6.31. The molecule has 0 spiro atoms. The summed E-state index contributed by atoms with van der Waals surface area (Å²) in [4.78, 5) is 2.50. The lowest BCUT2D eigenvalue weighted by atomic mass is 10.3. The largest absolute Gasteiger partial charge is 0.438 e. The zero-order chi connectivity index (χ0) is 13.2. The van der Waals surface area contributed by atoms with Crippen LogP contribution in [-0.2, 0) is 12.7 Å². The molecule has 1 aromatic rings. The molecule has 0 aliphatic rings. The van der Waals surface area contributed by atoms with Gasteiger partial charge < -0.3 is 0 Å². The van der Waals surface area contributed by atoms with Crippen LogP contribution in [0.4, 0.5) is 13.2 Å². The van der Waals surface area contributed by atoms with Crippen LogP contribution in [0.5, 0.6) is 0 Å². The van der Waals surface area contributed by atoms with E-state index in [1.165, 1.54) is 4.68 Å². The molecule has 0 amide bonds. The summed E-state index contributed by atoms with van der Waals surface area (Å²) in [5.41, 5.74) is 7.27. The first-order valence-corrected chi connectivity index (χ1v) is 5.06. The van der Waals surface area contributed by atoms with Crippen LogP contribution in [-0.4, -0.2) is 5.10 Å². The molecule has 0 unspecified atom stereocenters. The lowest BCUT2D eigenvalue weighted by Gasteiger charge is -2.00. The van der Waals surface area contributed by atoms with Crippen LogP contribution in [0, 0.1) is 0 Å². The number of nitrogens with zero attached hydrogens (tertiary/aromatic N) is 4. The second kappa shape index (κ2) is 4.85. The first-order valence-electron chi connectivity index (χ1n) is 4.69. The zero-order valence-electron chi connectivity index (χ0n) is 9.09. The number of hydrogen-bond acceptors (Lipinski definition) is 1. The topological polar surface area (TPSA) is 68.4 Å². The lowest BCUT2D eigenvalue weighted by molar-refractivity contribution is -0.774. The van der Waals surface area contributed by atoms with E-state index in [2.05, 4.69) is 15.1 Å². The molecule has 0 aliphatic heterocycles. The quantitative estimate of drug-likeness (QED) is 0.378. The first-order chi connectivity index (χ1) is 7.79. The van der Waals surface area contributed by atoms with Crippen molar-refractivity contribution in [2.24, 2.45) is 5.11 Å². The minimum Gasteiger partial charge on any atom is -0.164 e. The fourth-order valence-corrected chi connectivity index (χ4v) is 1.66. The van der Waals surface area contributed by atoms with Crippen molar-refractivity contribution < 1.29 is 17.9 Å². The smallest absolute Gasteiger partial charge is 0.164 e. The minimum atomic E-state index is -4.57. The van der Waals surface area contributed by atoms with Gasteiger partial charge in [-0.1, -0.05) is 16.7 Å². The monoisotopic (exact) mass is 268 g/mol. The van der Waals surface area contributed by atoms with Gasteiger partial charge in [-0.3, -0.25) is 0 Å². The van der Waals surface area contributed by atoms with Gasteiger partial charge in [0.05, 0.1) is 0 Å². The molecule has 0 atom stereocenters. The summed E-state index contributed by atoms with van der Waals surface area (Å²) in [5, 5.41) is 4.94. The van der Waals surface area contributed by atoms with Crippen molar-refractivity contribution in [2.75, 3.05) is 0 Å². The molecule has 1 aromatic heterocycles. The van der Waals surface area contributed by atoms with E-state index in [0.717, 1.165) is 0 Å². The highest BCUT2D eigenvalue weighted by atomic mass is 35.5. The number of aromatic amines is 1. The molecular weight excluding hydrogens is 259 g/mol. The molecule has 1 N–H and O–H groups in total. The van der Waals surface area contributed by atoms with Crippen molar-refractivity contribution in [3.05, 3.63) is 26.9 Å². The van der Waals surface area contributed by atoms with E-state index in [4.69, 9.17) is 17.1 Å². The molecule has 17 heavy (non-hydrogen) atoms. The fourth-order valence-electron chi connectivity index (χ4n) is 1.36. The number of azide groups is 1. The molecule has 9 heteroatoms. The molecule has 0 saturated carbocycles. The Bertz CT molecular complexity index is 458. The second-order valence-corrected chi connectivity index (χ2v) is 3.98. The predicted octanol–water partition coefficient (Wildman–Crippen LogP) is 3.37. The number of H-pyrrole nitrogens is 1. The maximum atomic E-state index is 12.6. The van der Waals surface area contributed by atoms with Gasteiger partial charge in [-0.25, -0.2) is 0 Å². The Hall–Kier alpha value is -1.40. The molecule has 1 heterocycles. The van der Waals surface area contributed by atoms with Gasteiger partial charge in [0, 0.05) is 4.91 Å². The zero-order valence-corrected chi connectivity index (χ0v) is 9.84. The molecule has 5 nitrogen and oxygen atoms in total. The summed E-state index contributed by atoms with van der Waals surface area (Å²) in [6.45, 7) is 3.14. The lowest BCUT2D eigenvalue weighted by Crippen LogP contribution is -2.42. The molecule has 0 aliphatic carbocycles. The van der Waals surface area contributed by atoms with Gasteiger partial charge >= 0.3 is 6.18 Å². The Morgan fingerprint density at radius 1 is 1.53 bits per heavy atom. The third-order valence-corrected chi connectivity index (χ3v) is 2.49. The number of aromatic nitrogens is 2. The molecule has 94 valence electrons. The van der Waals surface area contributed by atoms with Gasteiger partial charge in [-0.2, -0.15) is 18.3 Å². The third-order valence-electron chi connectivity index (χ3n) is 2.08. The van der Waals surface area contributed by atoms with E-state index in [-0.39, 0.29) is 18.3 Å². The van der Waals surface area contributed by atoms with E-state index >= 15 is 0 Å². The molecule has 0 aromatic carbocycles. The van der Waals surface area contributed by atoms with E-state index in [1.54, 1.807) is 13.8 Å². The van der Waals surface area contributed by atoms with Crippen molar-refractivity contribution in [1.82, 2.24) is 5.10 Å². The molecule has 0 radical (unpaired) electrons. The van der Waals surface area contributed by atoms with Gasteiger partial charge in [0.25, 0.3) is 0 Å². The summed E-state index contributed by atoms with van der Waals surface area (Å²) < 4.78 is 39.0. The average Bonchev–Trinajstić information content (AvgIpc) is 2.52. The van der Waals surface area contributed by atoms with Gasteiger partial charge in [0.2, 0.25) is 11.4 Å². The fraction of sp³-hybridized carbons (Fsp3) is 0.625. The summed E-state index contributed by atoms with van der Waals surface area (Å²) in [7, 11) is 0. The van der Waals surface area contributed by atoms with Crippen molar-refractivity contribution in [2.45, 2.75) is 32.6 Å². The number of halogens is 4. The van der Waals surface area contributed by atoms with Gasteiger partial charge in [0.15, 0.2) is 6.04 Å². The summed E-state index contributed by atoms with van der Waals surface area (Å²) in [5.74, 6) is 0. The Balaban J connectivity index is 3.35. The normalized spacial score (nSPS) is 11.7. The van der Waals surface area contributed by atoms with Crippen LogP contribution in [0.1, 0.15) is 31.3 Å². The minimum absolute atomic E-state index is 0.117. The van der Waals surface area contributed by atoms with E-state index in [1.807, 2.05) is 0 Å². The summed E-state index contributed by atoms with van der Waals surface area (Å²) in [6.07, 6.45) is -4.57.